The van der Waals surface area contributed by atoms with Crippen molar-refractivity contribution in [2.45, 2.75) is 26.5 Å². The van der Waals surface area contributed by atoms with E-state index >= 15 is 0 Å². The largest absolute Gasteiger partial charge is 0.480 e. The SMILES string of the molecule is COCc1ccc(C(=O)N(CC(=O)O)C(C)C)cc1. The molecule has 1 aromatic rings. The number of aliphatic carboxylic acids is 1. The Morgan fingerprint density at radius 2 is 1.84 bits per heavy atom. The third kappa shape index (κ3) is 4.37. The van der Waals surface area contributed by atoms with Crippen molar-refractivity contribution in [3.63, 3.8) is 0 Å². The van der Waals surface area contributed by atoms with Gasteiger partial charge in [0, 0.05) is 18.7 Å². The Bertz CT molecular complexity index is 439. The molecule has 0 saturated carbocycles. The van der Waals surface area contributed by atoms with Gasteiger partial charge < -0.3 is 14.7 Å². The Hall–Kier alpha value is -1.88. The number of hydrogen-bond acceptors (Lipinski definition) is 3. The summed E-state index contributed by atoms with van der Waals surface area (Å²) in [7, 11) is 1.60. The van der Waals surface area contributed by atoms with Crippen LogP contribution in [0.2, 0.25) is 0 Å². The molecule has 0 aliphatic heterocycles. The summed E-state index contributed by atoms with van der Waals surface area (Å²) in [4.78, 5) is 24.3. The number of methoxy groups -OCH3 is 1. The van der Waals surface area contributed by atoms with Gasteiger partial charge >= 0.3 is 5.97 Å². The fourth-order valence-corrected chi connectivity index (χ4v) is 1.71. The van der Waals surface area contributed by atoms with Gasteiger partial charge in [-0.1, -0.05) is 12.1 Å². The van der Waals surface area contributed by atoms with E-state index in [0.29, 0.717) is 12.2 Å². The van der Waals surface area contributed by atoms with Crippen LogP contribution in [0.3, 0.4) is 0 Å². The molecule has 0 heterocycles. The van der Waals surface area contributed by atoms with E-state index < -0.39 is 5.97 Å². The second-order valence-corrected chi connectivity index (χ2v) is 4.55. The van der Waals surface area contributed by atoms with Gasteiger partial charge in [-0.15, -0.1) is 0 Å². The van der Waals surface area contributed by atoms with Gasteiger partial charge in [-0.3, -0.25) is 9.59 Å². The van der Waals surface area contributed by atoms with E-state index in [1.165, 1.54) is 4.90 Å². The molecule has 0 aromatic heterocycles. The van der Waals surface area contributed by atoms with Crippen LogP contribution >= 0.6 is 0 Å². The minimum absolute atomic E-state index is 0.165. The second kappa shape index (κ2) is 6.89. The molecule has 0 bridgehead atoms. The molecule has 0 aliphatic rings. The maximum atomic E-state index is 12.2. The number of hydrogen-bond donors (Lipinski definition) is 1. The van der Waals surface area contributed by atoms with Crippen LogP contribution in [0.15, 0.2) is 24.3 Å². The van der Waals surface area contributed by atoms with E-state index in [1.807, 2.05) is 0 Å². The second-order valence-electron chi connectivity index (χ2n) is 4.55. The predicted molar refractivity (Wildman–Crippen MR) is 71.0 cm³/mol. The van der Waals surface area contributed by atoms with E-state index in [1.54, 1.807) is 45.2 Å². The molecule has 0 unspecified atom stereocenters. The van der Waals surface area contributed by atoms with Crippen LogP contribution in [0.1, 0.15) is 29.8 Å². The fourth-order valence-electron chi connectivity index (χ4n) is 1.71. The molecule has 0 aliphatic carbocycles. The van der Waals surface area contributed by atoms with E-state index in [0.717, 1.165) is 5.56 Å². The molecular formula is C14H19NO4. The lowest BCUT2D eigenvalue weighted by atomic mass is 10.1. The number of carboxylic acid groups (broad SMARTS) is 1. The molecule has 0 saturated heterocycles. The minimum atomic E-state index is -1.02. The molecule has 1 rings (SSSR count). The Labute approximate surface area is 112 Å². The van der Waals surface area contributed by atoms with Crippen molar-refractivity contribution >= 4 is 11.9 Å². The quantitative estimate of drug-likeness (QED) is 0.851. The first-order chi connectivity index (χ1) is 8.95. The van der Waals surface area contributed by atoms with Crippen molar-refractivity contribution in [3.05, 3.63) is 35.4 Å². The lowest BCUT2D eigenvalue weighted by Gasteiger charge is -2.25. The molecule has 0 spiro atoms. The van der Waals surface area contributed by atoms with Crippen molar-refractivity contribution in [1.82, 2.24) is 4.90 Å². The van der Waals surface area contributed by atoms with Crippen LogP contribution in [0.25, 0.3) is 0 Å². The van der Waals surface area contributed by atoms with Gasteiger partial charge in [-0.05, 0) is 31.5 Å². The molecule has 1 amide bonds. The van der Waals surface area contributed by atoms with Crippen LogP contribution in [-0.2, 0) is 16.1 Å². The summed E-state index contributed by atoms with van der Waals surface area (Å²) in [6.45, 7) is 3.77. The van der Waals surface area contributed by atoms with Crippen LogP contribution < -0.4 is 0 Å². The average Bonchev–Trinajstić information content (AvgIpc) is 2.36. The molecule has 5 heteroatoms. The number of carbonyl (C=O) groups excluding carboxylic acids is 1. The predicted octanol–water partition coefficient (Wildman–Crippen LogP) is 1.77. The van der Waals surface area contributed by atoms with Crippen LogP contribution in [0.4, 0.5) is 0 Å². The Balaban J connectivity index is 2.87. The van der Waals surface area contributed by atoms with Crippen molar-refractivity contribution < 1.29 is 19.4 Å². The van der Waals surface area contributed by atoms with Gasteiger partial charge in [-0.2, -0.15) is 0 Å². The number of nitrogens with zero attached hydrogens (tertiary/aromatic N) is 1. The normalized spacial score (nSPS) is 10.5. The monoisotopic (exact) mass is 265 g/mol. The first-order valence-electron chi connectivity index (χ1n) is 6.06. The summed E-state index contributed by atoms with van der Waals surface area (Å²) < 4.78 is 4.99. The first kappa shape index (κ1) is 15.2. The molecule has 19 heavy (non-hydrogen) atoms. The van der Waals surface area contributed by atoms with Gasteiger partial charge in [0.1, 0.15) is 6.54 Å². The highest BCUT2D eigenvalue weighted by Gasteiger charge is 2.21. The maximum Gasteiger partial charge on any atom is 0.323 e. The average molecular weight is 265 g/mol. The van der Waals surface area contributed by atoms with Gasteiger partial charge in [-0.25, -0.2) is 0 Å². The summed E-state index contributed by atoms with van der Waals surface area (Å²) in [5.41, 5.74) is 1.45. The van der Waals surface area contributed by atoms with Crippen molar-refractivity contribution in [2.24, 2.45) is 0 Å². The summed E-state index contributed by atoms with van der Waals surface area (Å²) in [6, 6.07) is 6.82. The van der Waals surface area contributed by atoms with Gasteiger partial charge in [0.15, 0.2) is 0 Å². The lowest BCUT2D eigenvalue weighted by Crippen LogP contribution is -2.40. The fraction of sp³-hybridized carbons (Fsp3) is 0.429. The molecule has 1 aromatic carbocycles. The van der Waals surface area contributed by atoms with E-state index in [2.05, 4.69) is 0 Å². The van der Waals surface area contributed by atoms with Gasteiger partial charge in [0.05, 0.1) is 6.61 Å². The van der Waals surface area contributed by atoms with Crippen LogP contribution in [-0.4, -0.2) is 41.6 Å². The summed E-state index contributed by atoms with van der Waals surface area (Å²) in [6.07, 6.45) is 0. The Morgan fingerprint density at radius 1 is 1.26 bits per heavy atom. The van der Waals surface area contributed by atoms with Crippen LogP contribution in [0, 0.1) is 0 Å². The zero-order valence-corrected chi connectivity index (χ0v) is 11.4. The highest BCUT2D eigenvalue weighted by molar-refractivity contribution is 5.96. The van der Waals surface area contributed by atoms with Crippen molar-refractivity contribution in [1.29, 1.82) is 0 Å². The molecule has 0 atom stereocenters. The third-order valence-electron chi connectivity index (χ3n) is 2.70. The van der Waals surface area contributed by atoms with Crippen molar-refractivity contribution in [3.8, 4) is 0 Å². The number of amides is 1. The molecule has 5 nitrogen and oxygen atoms in total. The highest BCUT2D eigenvalue weighted by atomic mass is 16.5. The standard InChI is InChI=1S/C14H19NO4/c1-10(2)15(8-13(16)17)14(18)12-6-4-11(5-7-12)9-19-3/h4-7,10H,8-9H2,1-3H3,(H,16,17). The lowest BCUT2D eigenvalue weighted by molar-refractivity contribution is -0.138. The van der Waals surface area contributed by atoms with E-state index in [-0.39, 0.29) is 18.5 Å². The summed E-state index contributed by atoms with van der Waals surface area (Å²) >= 11 is 0. The molecular weight excluding hydrogens is 246 g/mol. The van der Waals surface area contributed by atoms with E-state index in [9.17, 15) is 9.59 Å². The van der Waals surface area contributed by atoms with Gasteiger partial charge in [0.25, 0.3) is 5.91 Å². The third-order valence-corrected chi connectivity index (χ3v) is 2.70. The number of carbonyl (C=O) groups is 2. The van der Waals surface area contributed by atoms with Crippen molar-refractivity contribution in [2.75, 3.05) is 13.7 Å². The first-order valence-corrected chi connectivity index (χ1v) is 6.06. The highest BCUT2D eigenvalue weighted by Crippen LogP contribution is 2.11. The smallest absolute Gasteiger partial charge is 0.323 e. The molecule has 0 fully saturated rings. The van der Waals surface area contributed by atoms with Gasteiger partial charge in [0.2, 0.25) is 0 Å². The molecule has 1 N–H and O–H groups in total. The molecule has 0 radical (unpaired) electrons. The minimum Gasteiger partial charge on any atom is -0.480 e. The summed E-state index contributed by atoms with van der Waals surface area (Å²) in [5.74, 6) is -1.29. The number of benzene rings is 1. The van der Waals surface area contributed by atoms with Crippen LogP contribution in [0.5, 0.6) is 0 Å². The number of carboxylic acids is 1. The zero-order valence-electron chi connectivity index (χ0n) is 11.4. The maximum absolute atomic E-state index is 12.2. The Kier molecular flexibility index (Phi) is 5.51. The molecule has 104 valence electrons. The Morgan fingerprint density at radius 3 is 2.26 bits per heavy atom. The number of ether oxygens (including phenoxy) is 1. The van der Waals surface area contributed by atoms with E-state index in [4.69, 9.17) is 9.84 Å². The number of rotatable bonds is 6. The zero-order chi connectivity index (χ0) is 14.4. The topological polar surface area (TPSA) is 66.8 Å². The summed E-state index contributed by atoms with van der Waals surface area (Å²) in [5, 5.41) is 8.83.